The van der Waals surface area contributed by atoms with Crippen molar-refractivity contribution in [2.75, 3.05) is 13.2 Å². The molecule has 0 spiro atoms. The minimum atomic E-state index is 0.261. The molecule has 0 saturated carbocycles. The van der Waals surface area contributed by atoms with Gasteiger partial charge >= 0.3 is 0 Å². The van der Waals surface area contributed by atoms with Crippen molar-refractivity contribution < 1.29 is 5.11 Å². The highest BCUT2D eigenvalue weighted by Crippen LogP contribution is 2.27. The fraction of sp³-hybridized carbons (Fsp3) is 0.583. The predicted molar refractivity (Wildman–Crippen MR) is 59.5 cm³/mol. The number of pyridine rings is 1. The topological polar surface area (TPSA) is 36.4 Å². The molecule has 1 saturated heterocycles. The highest BCUT2D eigenvalue weighted by Gasteiger charge is 2.28. The standard InChI is InChI=1S/C12H18N2O/c1-10(12-6-2-3-7-13-12)14-8-4-5-11(14)9-15/h2-3,6-7,10-11,15H,4-5,8-9H2,1H3/t10-,11+/m1/s1. The Balaban J connectivity index is 2.10. The molecule has 82 valence electrons. The van der Waals surface area contributed by atoms with Gasteiger partial charge < -0.3 is 5.11 Å². The van der Waals surface area contributed by atoms with Crippen molar-refractivity contribution in [3.63, 3.8) is 0 Å². The summed E-state index contributed by atoms with van der Waals surface area (Å²) in [5.74, 6) is 0. The smallest absolute Gasteiger partial charge is 0.0587 e. The second-order valence-electron chi connectivity index (χ2n) is 4.15. The van der Waals surface area contributed by atoms with Crippen LogP contribution in [0.1, 0.15) is 31.5 Å². The maximum atomic E-state index is 9.27. The Morgan fingerprint density at radius 2 is 2.47 bits per heavy atom. The van der Waals surface area contributed by atoms with Gasteiger partial charge in [-0.3, -0.25) is 9.88 Å². The molecule has 1 fully saturated rings. The minimum absolute atomic E-state index is 0.261. The number of likely N-dealkylation sites (tertiary alicyclic amines) is 1. The van der Waals surface area contributed by atoms with E-state index in [0.29, 0.717) is 12.1 Å². The highest BCUT2D eigenvalue weighted by atomic mass is 16.3. The highest BCUT2D eigenvalue weighted by molar-refractivity contribution is 5.09. The zero-order valence-corrected chi connectivity index (χ0v) is 9.13. The average Bonchev–Trinajstić information content (AvgIpc) is 2.77. The molecule has 0 unspecified atom stereocenters. The van der Waals surface area contributed by atoms with E-state index in [2.05, 4.69) is 22.9 Å². The molecule has 0 aromatic carbocycles. The van der Waals surface area contributed by atoms with Gasteiger partial charge in [-0.2, -0.15) is 0 Å². The normalized spacial score (nSPS) is 24.3. The molecule has 2 heterocycles. The van der Waals surface area contributed by atoms with Crippen LogP contribution in [-0.2, 0) is 0 Å². The van der Waals surface area contributed by atoms with Crippen LogP contribution in [-0.4, -0.2) is 34.2 Å². The lowest BCUT2D eigenvalue weighted by atomic mass is 10.1. The van der Waals surface area contributed by atoms with Crippen LogP contribution in [0, 0.1) is 0 Å². The Bertz CT molecular complexity index is 302. The van der Waals surface area contributed by atoms with Gasteiger partial charge in [0.1, 0.15) is 0 Å². The molecular weight excluding hydrogens is 188 g/mol. The summed E-state index contributed by atoms with van der Waals surface area (Å²) in [6, 6.07) is 6.64. The molecule has 0 radical (unpaired) electrons. The number of rotatable bonds is 3. The van der Waals surface area contributed by atoms with Gasteiger partial charge in [0, 0.05) is 18.3 Å². The Hall–Kier alpha value is -0.930. The molecule has 0 bridgehead atoms. The van der Waals surface area contributed by atoms with Gasteiger partial charge in [0.25, 0.3) is 0 Å². The molecule has 0 amide bonds. The maximum Gasteiger partial charge on any atom is 0.0587 e. The van der Waals surface area contributed by atoms with Crippen LogP contribution in [0.25, 0.3) is 0 Å². The predicted octanol–water partition coefficient (Wildman–Crippen LogP) is 1.60. The third-order valence-corrected chi connectivity index (χ3v) is 3.25. The largest absolute Gasteiger partial charge is 0.395 e. The summed E-state index contributed by atoms with van der Waals surface area (Å²) >= 11 is 0. The van der Waals surface area contributed by atoms with Gasteiger partial charge in [0.05, 0.1) is 12.3 Å². The first-order valence-corrected chi connectivity index (χ1v) is 5.60. The van der Waals surface area contributed by atoms with E-state index in [9.17, 15) is 5.11 Å². The Labute approximate surface area is 90.8 Å². The quantitative estimate of drug-likeness (QED) is 0.816. The number of aliphatic hydroxyl groups excluding tert-OH is 1. The second kappa shape index (κ2) is 4.73. The molecule has 0 aliphatic carbocycles. The fourth-order valence-corrected chi connectivity index (χ4v) is 2.36. The summed E-state index contributed by atoms with van der Waals surface area (Å²) in [6.07, 6.45) is 4.12. The summed E-state index contributed by atoms with van der Waals surface area (Å²) in [5, 5.41) is 9.27. The van der Waals surface area contributed by atoms with E-state index < -0.39 is 0 Å². The van der Waals surface area contributed by atoms with Crippen molar-refractivity contribution in [3.8, 4) is 0 Å². The monoisotopic (exact) mass is 206 g/mol. The van der Waals surface area contributed by atoms with Crippen molar-refractivity contribution in [1.29, 1.82) is 0 Å². The number of aliphatic hydroxyl groups is 1. The van der Waals surface area contributed by atoms with Crippen molar-refractivity contribution in [2.24, 2.45) is 0 Å². The van der Waals surface area contributed by atoms with Crippen LogP contribution in [0.4, 0.5) is 0 Å². The molecular formula is C12H18N2O. The Morgan fingerprint density at radius 1 is 1.60 bits per heavy atom. The van der Waals surface area contributed by atoms with E-state index >= 15 is 0 Å². The molecule has 2 atom stereocenters. The van der Waals surface area contributed by atoms with Gasteiger partial charge in [-0.25, -0.2) is 0 Å². The van der Waals surface area contributed by atoms with E-state index in [1.807, 2.05) is 18.3 Å². The van der Waals surface area contributed by atoms with E-state index in [0.717, 1.165) is 18.7 Å². The van der Waals surface area contributed by atoms with E-state index in [4.69, 9.17) is 0 Å². The summed E-state index contributed by atoms with van der Waals surface area (Å²) in [4.78, 5) is 6.72. The third kappa shape index (κ3) is 2.19. The van der Waals surface area contributed by atoms with Gasteiger partial charge in [-0.05, 0) is 38.4 Å². The van der Waals surface area contributed by atoms with Crippen molar-refractivity contribution in [2.45, 2.75) is 31.8 Å². The summed E-state index contributed by atoms with van der Waals surface area (Å²) in [6.45, 7) is 3.50. The SMILES string of the molecule is C[C@H](c1ccccn1)N1CCC[C@H]1CO. The first kappa shape index (κ1) is 10.6. The molecule has 3 nitrogen and oxygen atoms in total. The zero-order chi connectivity index (χ0) is 10.7. The minimum Gasteiger partial charge on any atom is -0.395 e. The van der Waals surface area contributed by atoms with Gasteiger partial charge in [0.15, 0.2) is 0 Å². The lowest BCUT2D eigenvalue weighted by molar-refractivity contribution is 0.124. The molecule has 1 aromatic heterocycles. The summed E-state index contributed by atoms with van der Waals surface area (Å²) in [7, 11) is 0. The van der Waals surface area contributed by atoms with E-state index in [-0.39, 0.29) is 6.61 Å². The lowest BCUT2D eigenvalue weighted by Crippen LogP contribution is -2.34. The average molecular weight is 206 g/mol. The molecule has 3 heteroatoms. The molecule has 1 aliphatic heterocycles. The number of aromatic nitrogens is 1. The molecule has 1 N–H and O–H groups in total. The zero-order valence-electron chi connectivity index (χ0n) is 9.13. The van der Waals surface area contributed by atoms with E-state index in [1.165, 1.54) is 6.42 Å². The molecule has 1 aliphatic rings. The lowest BCUT2D eigenvalue weighted by Gasteiger charge is -2.29. The maximum absolute atomic E-state index is 9.27. The van der Waals surface area contributed by atoms with Crippen LogP contribution in [0.2, 0.25) is 0 Å². The number of hydrogen-bond acceptors (Lipinski definition) is 3. The molecule has 15 heavy (non-hydrogen) atoms. The first-order chi connectivity index (χ1) is 7.33. The van der Waals surface area contributed by atoms with Crippen molar-refractivity contribution >= 4 is 0 Å². The Kier molecular flexibility index (Phi) is 3.34. The molecule has 1 aromatic rings. The van der Waals surface area contributed by atoms with Crippen LogP contribution >= 0.6 is 0 Å². The van der Waals surface area contributed by atoms with Crippen molar-refractivity contribution in [1.82, 2.24) is 9.88 Å². The summed E-state index contributed by atoms with van der Waals surface area (Å²) in [5.41, 5.74) is 1.10. The van der Waals surface area contributed by atoms with Crippen LogP contribution in [0.15, 0.2) is 24.4 Å². The van der Waals surface area contributed by atoms with E-state index in [1.54, 1.807) is 0 Å². The van der Waals surface area contributed by atoms with Gasteiger partial charge in [-0.1, -0.05) is 6.07 Å². The van der Waals surface area contributed by atoms with Crippen LogP contribution < -0.4 is 0 Å². The summed E-state index contributed by atoms with van der Waals surface area (Å²) < 4.78 is 0. The van der Waals surface area contributed by atoms with Crippen molar-refractivity contribution in [3.05, 3.63) is 30.1 Å². The van der Waals surface area contributed by atoms with Crippen LogP contribution in [0.3, 0.4) is 0 Å². The van der Waals surface area contributed by atoms with Gasteiger partial charge in [0.2, 0.25) is 0 Å². The first-order valence-electron chi connectivity index (χ1n) is 5.60. The molecule has 2 rings (SSSR count). The number of hydrogen-bond donors (Lipinski definition) is 1. The Morgan fingerprint density at radius 3 is 3.13 bits per heavy atom. The van der Waals surface area contributed by atoms with Gasteiger partial charge in [-0.15, -0.1) is 0 Å². The third-order valence-electron chi connectivity index (χ3n) is 3.25. The second-order valence-corrected chi connectivity index (χ2v) is 4.15. The van der Waals surface area contributed by atoms with Crippen LogP contribution in [0.5, 0.6) is 0 Å². The number of nitrogens with zero attached hydrogens (tertiary/aromatic N) is 2. The fourth-order valence-electron chi connectivity index (χ4n) is 2.36.